The molecule has 0 saturated carbocycles. The first-order chi connectivity index (χ1) is 17.0. The highest BCUT2D eigenvalue weighted by molar-refractivity contribution is 8.00. The molecule has 0 amide bonds. The van der Waals surface area contributed by atoms with Crippen LogP contribution in [0.25, 0.3) is 0 Å². The van der Waals surface area contributed by atoms with Gasteiger partial charge in [0.1, 0.15) is 23.3 Å². The van der Waals surface area contributed by atoms with Crippen molar-refractivity contribution in [2.45, 2.75) is 76.6 Å². The Bertz CT molecular complexity index is 1070. The maximum Gasteiger partial charge on any atom is 0.409 e. The maximum atomic E-state index is 14.9. The number of carbonyl (C=O) groups excluding carboxylic acids is 2. The van der Waals surface area contributed by atoms with Gasteiger partial charge in [-0.2, -0.15) is 4.98 Å². The van der Waals surface area contributed by atoms with E-state index in [1.807, 2.05) is 0 Å². The normalized spacial score (nSPS) is 24.5. The number of aliphatic hydroxyl groups is 1. The predicted octanol–water partition coefficient (Wildman–Crippen LogP) is 1.76. The number of aromatic nitrogens is 2. The Balaban J connectivity index is 2.14. The molecule has 16 heteroatoms. The van der Waals surface area contributed by atoms with Gasteiger partial charge in [0.05, 0.1) is 23.4 Å². The average molecular weight is 569 g/mol. The van der Waals surface area contributed by atoms with Crippen LogP contribution in [0.1, 0.15) is 46.9 Å². The van der Waals surface area contributed by atoms with Crippen molar-refractivity contribution < 1.29 is 42.2 Å². The van der Waals surface area contributed by atoms with E-state index in [9.17, 15) is 28.4 Å². The molecule has 4 N–H and O–H groups in total. The van der Waals surface area contributed by atoms with Crippen LogP contribution in [0.2, 0.25) is 0 Å². The van der Waals surface area contributed by atoms with Crippen molar-refractivity contribution in [3.8, 4) is 0 Å². The van der Waals surface area contributed by atoms with Crippen molar-refractivity contribution in [2.75, 3.05) is 19.1 Å². The number of hydrogen-bond donors (Lipinski definition) is 3. The number of nitrogens with two attached hydrogens (primary N) is 1. The number of alkyl halides is 1. The van der Waals surface area contributed by atoms with Crippen molar-refractivity contribution in [3.05, 3.63) is 22.7 Å². The van der Waals surface area contributed by atoms with Gasteiger partial charge in [0.25, 0.3) is 0 Å². The molecule has 0 bridgehead atoms. The lowest BCUT2D eigenvalue weighted by Gasteiger charge is -2.25. The lowest BCUT2D eigenvalue weighted by Crippen LogP contribution is -2.37. The predicted molar refractivity (Wildman–Crippen MR) is 133 cm³/mol. The minimum absolute atomic E-state index is 0.0403. The van der Waals surface area contributed by atoms with Gasteiger partial charge in [-0.1, -0.05) is 0 Å². The Morgan fingerprint density at radius 3 is 2.54 bits per heavy atom. The first kappa shape index (κ1) is 31.2. The Labute approximate surface area is 218 Å². The fraction of sp³-hybridized carbons (Fsp3) is 0.714. The number of nitrogens with one attached hydrogen (secondary N) is 1. The maximum absolute atomic E-state index is 14.9. The van der Waals surface area contributed by atoms with E-state index in [4.69, 9.17) is 24.3 Å². The van der Waals surface area contributed by atoms with Crippen molar-refractivity contribution in [3.63, 3.8) is 0 Å². The third-order valence-electron chi connectivity index (χ3n) is 4.91. The molecule has 210 valence electrons. The van der Waals surface area contributed by atoms with Gasteiger partial charge < -0.3 is 20.3 Å². The molecule has 13 nitrogen and oxygen atoms in total. The van der Waals surface area contributed by atoms with E-state index in [2.05, 4.69) is 10.1 Å². The van der Waals surface area contributed by atoms with Crippen LogP contribution in [-0.4, -0.2) is 69.7 Å². The van der Waals surface area contributed by atoms with E-state index >= 15 is 0 Å². The first-order valence-corrected chi connectivity index (χ1v) is 13.9. The molecule has 1 aliphatic heterocycles. The minimum atomic E-state index is -4.36. The van der Waals surface area contributed by atoms with Gasteiger partial charge in [-0.3, -0.25) is 23.2 Å². The molecule has 0 aliphatic carbocycles. The fourth-order valence-corrected chi connectivity index (χ4v) is 5.83. The van der Waals surface area contributed by atoms with Crippen LogP contribution < -0.4 is 16.5 Å². The molecule has 0 radical (unpaired) electrons. The van der Waals surface area contributed by atoms with E-state index in [-0.39, 0.29) is 5.82 Å². The molecule has 1 aliphatic rings. The molecule has 37 heavy (non-hydrogen) atoms. The zero-order valence-electron chi connectivity index (χ0n) is 21.5. The zero-order chi connectivity index (χ0) is 28.1. The lowest BCUT2D eigenvalue weighted by atomic mass is 9.98. The monoisotopic (exact) mass is 568 g/mol. The smallest absolute Gasteiger partial charge is 0.409 e. The molecule has 1 aromatic rings. The summed E-state index contributed by atoms with van der Waals surface area (Å²) in [5.41, 5.74) is 3.81. The molecule has 2 unspecified atom stereocenters. The second-order valence-electron chi connectivity index (χ2n) is 9.60. The van der Waals surface area contributed by atoms with Crippen molar-refractivity contribution in [2.24, 2.45) is 5.41 Å². The number of halogens is 1. The number of thioether (sulfide) groups is 1. The highest BCUT2D eigenvalue weighted by Gasteiger charge is 2.46. The summed E-state index contributed by atoms with van der Waals surface area (Å²) < 4.78 is 49.9. The second-order valence-corrected chi connectivity index (χ2v) is 12.7. The van der Waals surface area contributed by atoms with Crippen LogP contribution >= 0.6 is 19.5 Å². The Morgan fingerprint density at radius 1 is 1.32 bits per heavy atom. The number of rotatable bonds is 11. The van der Waals surface area contributed by atoms with Gasteiger partial charge in [-0.05, 0) is 47.6 Å². The number of nitrogens with zero attached hydrogens (tertiary/aromatic N) is 2. The summed E-state index contributed by atoms with van der Waals surface area (Å²) >= 11 is 0.857. The SMILES string of the molecule is CC(C)OC(=O)C(C)NP(=O)(OCOC(=O)C(C)(C)C)OC[C@H]1S[C@@H](n2ccc(N)nc2=O)[C@@H](F)[C@@H]1O. The summed E-state index contributed by atoms with van der Waals surface area (Å²) in [6.45, 7) is 8.17. The molecular weight excluding hydrogens is 534 g/mol. The number of aliphatic hydroxyl groups excluding tert-OH is 1. The zero-order valence-corrected chi connectivity index (χ0v) is 23.2. The number of anilines is 1. The molecule has 2 heterocycles. The molecule has 0 aromatic carbocycles. The topological polar surface area (TPSA) is 181 Å². The van der Waals surface area contributed by atoms with Gasteiger partial charge in [0, 0.05) is 6.20 Å². The van der Waals surface area contributed by atoms with E-state index < -0.39 is 79.2 Å². The summed E-state index contributed by atoms with van der Waals surface area (Å²) in [7, 11) is -4.36. The third kappa shape index (κ3) is 8.76. The second kappa shape index (κ2) is 12.7. The summed E-state index contributed by atoms with van der Waals surface area (Å²) in [4.78, 5) is 39.9. The van der Waals surface area contributed by atoms with Gasteiger partial charge >= 0.3 is 25.4 Å². The lowest BCUT2D eigenvalue weighted by molar-refractivity contribution is -0.160. The average Bonchev–Trinajstić information content (AvgIpc) is 3.05. The van der Waals surface area contributed by atoms with Gasteiger partial charge in [-0.15, -0.1) is 11.8 Å². The largest absolute Gasteiger partial charge is 0.462 e. The molecule has 1 fully saturated rings. The quantitative estimate of drug-likeness (QED) is 0.200. The Morgan fingerprint density at radius 2 is 1.97 bits per heavy atom. The number of carbonyl (C=O) groups is 2. The van der Waals surface area contributed by atoms with Gasteiger partial charge in [0.15, 0.2) is 6.17 Å². The molecule has 6 atom stereocenters. The van der Waals surface area contributed by atoms with Crippen LogP contribution in [0.15, 0.2) is 17.1 Å². The van der Waals surface area contributed by atoms with Crippen molar-refractivity contribution >= 4 is 37.3 Å². The van der Waals surface area contributed by atoms with Gasteiger partial charge in [-0.25, -0.2) is 18.8 Å². The number of hydrogen-bond acceptors (Lipinski definition) is 12. The number of ether oxygens (including phenoxy) is 2. The highest BCUT2D eigenvalue weighted by Crippen LogP contribution is 2.48. The Hall–Kier alpha value is -2.03. The van der Waals surface area contributed by atoms with Crippen LogP contribution in [0.4, 0.5) is 10.2 Å². The standard InChI is InChI=1S/C21H34FN4O9PS/c1-11(2)35-18(28)12(3)25-36(31,34-10-32-19(29)21(4,5)6)33-9-13-16(27)15(22)17(37-13)26-8-7-14(23)24-20(26)30/h7-8,11-13,15-17,27H,9-10H2,1-6H3,(H,25,31)(H2,23,24,30)/t12?,13-,15+,16-,17-,36?/m1/s1. The van der Waals surface area contributed by atoms with Crippen LogP contribution in [0.5, 0.6) is 0 Å². The van der Waals surface area contributed by atoms with Gasteiger partial charge in [0.2, 0.25) is 6.79 Å². The van der Waals surface area contributed by atoms with Crippen LogP contribution in [0.3, 0.4) is 0 Å². The summed E-state index contributed by atoms with van der Waals surface area (Å²) in [5, 5.41) is 10.7. The van der Waals surface area contributed by atoms with Crippen molar-refractivity contribution in [1.29, 1.82) is 0 Å². The number of esters is 2. The molecular formula is C21H34FN4O9PS. The summed E-state index contributed by atoms with van der Waals surface area (Å²) in [6.07, 6.45) is -2.68. The van der Waals surface area contributed by atoms with Crippen LogP contribution in [0, 0.1) is 5.41 Å². The van der Waals surface area contributed by atoms with Crippen molar-refractivity contribution in [1.82, 2.24) is 14.6 Å². The number of nitrogen functional groups attached to an aromatic ring is 1. The highest BCUT2D eigenvalue weighted by atomic mass is 32.2. The summed E-state index contributed by atoms with van der Waals surface area (Å²) in [5.74, 6) is -1.43. The minimum Gasteiger partial charge on any atom is -0.462 e. The Kier molecular flexibility index (Phi) is 10.7. The molecule has 1 saturated heterocycles. The van der Waals surface area contributed by atoms with E-state index in [0.717, 1.165) is 16.3 Å². The molecule has 2 rings (SSSR count). The fourth-order valence-electron chi connectivity index (χ4n) is 2.96. The summed E-state index contributed by atoms with van der Waals surface area (Å²) in [6, 6.07) is 0.154. The van der Waals surface area contributed by atoms with E-state index in [0.29, 0.717) is 0 Å². The third-order valence-corrected chi connectivity index (χ3v) is 8.08. The van der Waals surface area contributed by atoms with E-state index in [1.165, 1.54) is 19.2 Å². The molecule has 0 spiro atoms. The first-order valence-electron chi connectivity index (χ1n) is 11.4. The van der Waals surface area contributed by atoms with Crippen LogP contribution in [-0.2, 0) is 32.7 Å². The molecule has 1 aromatic heterocycles. The van der Waals surface area contributed by atoms with E-state index in [1.54, 1.807) is 34.6 Å².